The standard InChI is InChI=1S/C19H14FN3O2S2/c1-10-7-14(11(2)27-10)16-9-26-19(21-16)22-18(24)17-8-15(23-25-17)12-3-5-13(20)6-4-12/h3-9H,1-2H3,(H,21,22,24). The molecule has 4 aromatic rings. The Bertz CT molecular complexity index is 1110. The molecule has 27 heavy (non-hydrogen) atoms. The van der Waals surface area contributed by atoms with E-state index in [1.807, 2.05) is 5.38 Å². The molecule has 0 aliphatic rings. The van der Waals surface area contributed by atoms with E-state index in [-0.39, 0.29) is 11.6 Å². The number of aryl methyl sites for hydroxylation is 2. The van der Waals surface area contributed by atoms with Crippen molar-refractivity contribution in [1.82, 2.24) is 10.1 Å². The SMILES string of the molecule is Cc1cc(-c2csc(NC(=O)c3cc(-c4ccc(F)cc4)no3)n2)c(C)s1. The number of hydrogen-bond donors (Lipinski definition) is 1. The van der Waals surface area contributed by atoms with Crippen molar-refractivity contribution >= 4 is 33.7 Å². The second kappa shape index (κ2) is 7.05. The number of rotatable bonds is 4. The summed E-state index contributed by atoms with van der Waals surface area (Å²) in [5.41, 5.74) is 3.04. The largest absolute Gasteiger partial charge is 0.350 e. The van der Waals surface area contributed by atoms with Crippen molar-refractivity contribution in [3.05, 3.63) is 63.1 Å². The van der Waals surface area contributed by atoms with Crippen molar-refractivity contribution < 1.29 is 13.7 Å². The summed E-state index contributed by atoms with van der Waals surface area (Å²) in [7, 11) is 0. The fraction of sp³-hybridized carbons (Fsp3) is 0.105. The fourth-order valence-electron chi connectivity index (χ4n) is 2.64. The number of thiazole rings is 1. The Morgan fingerprint density at radius 1 is 1.15 bits per heavy atom. The number of thiophene rings is 1. The summed E-state index contributed by atoms with van der Waals surface area (Å²) in [5, 5.41) is 8.99. The van der Waals surface area contributed by atoms with Gasteiger partial charge >= 0.3 is 0 Å². The van der Waals surface area contributed by atoms with Crippen LogP contribution in [0.5, 0.6) is 0 Å². The van der Waals surface area contributed by atoms with Crippen molar-refractivity contribution in [2.45, 2.75) is 13.8 Å². The van der Waals surface area contributed by atoms with Gasteiger partial charge in [0.2, 0.25) is 5.76 Å². The summed E-state index contributed by atoms with van der Waals surface area (Å²) >= 11 is 3.06. The average molecular weight is 399 g/mol. The first-order chi connectivity index (χ1) is 13.0. The van der Waals surface area contributed by atoms with Crippen molar-refractivity contribution in [2.24, 2.45) is 0 Å². The van der Waals surface area contributed by atoms with Gasteiger partial charge in [-0.2, -0.15) is 0 Å². The van der Waals surface area contributed by atoms with Crippen LogP contribution in [0.2, 0.25) is 0 Å². The molecular formula is C19H14FN3O2S2. The van der Waals surface area contributed by atoms with E-state index in [2.05, 4.69) is 35.4 Å². The Hall–Kier alpha value is -2.84. The molecule has 0 saturated heterocycles. The summed E-state index contributed by atoms with van der Waals surface area (Å²) < 4.78 is 18.1. The molecular weight excluding hydrogens is 385 g/mol. The van der Waals surface area contributed by atoms with Gasteiger partial charge in [-0.25, -0.2) is 9.37 Å². The Labute approximate surface area is 162 Å². The van der Waals surface area contributed by atoms with E-state index in [0.29, 0.717) is 16.4 Å². The lowest BCUT2D eigenvalue weighted by Gasteiger charge is -1.97. The van der Waals surface area contributed by atoms with Gasteiger partial charge in [0.1, 0.15) is 11.5 Å². The third kappa shape index (κ3) is 3.67. The van der Waals surface area contributed by atoms with Crippen LogP contribution in [0, 0.1) is 19.7 Å². The monoisotopic (exact) mass is 399 g/mol. The molecule has 4 rings (SSSR count). The first-order valence-electron chi connectivity index (χ1n) is 8.06. The van der Waals surface area contributed by atoms with Gasteiger partial charge in [0, 0.05) is 32.3 Å². The highest BCUT2D eigenvalue weighted by Crippen LogP contribution is 2.32. The Balaban J connectivity index is 1.50. The summed E-state index contributed by atoms with van der Waals surface area (Å²) in [6, 6.07) is 9.42. The van der Waals surface area contributed by atoms with Gasteiger partial charge in [0.25, 0.3) is 5.91 Å². The van der Waals surface area contributed by atoms with Crippen molar-refractivity contribution in [3.8, 4) is 22.5 Å². The van der Waals surface area contributed by atoms with Crippen LogP contribution in [0.25, 0.3) is 22.5 Å². The number of nitrogens with zero attached hydrogens (tertiary/aromatic N) is 2. The van der Waals surface area contributed by atoms with E-state index in [1.165, 1.54) is 39.3 Å². The maximum absolute atomic E-state index is 13.0. The number of carbonyl (C=O) groups excluding carboxylic acids is 1. The number of anilines is 1. The first kappa shape index (κ1) is 17.6. The second-order valence-corrected chi connectivity index (χ2v) is 8.22. The zero-order valence-electron chi connectivity index (χ0n) is 14.4. The molecule has 3 heterocycles. The molecule has 0 saturated carbocycles. The minimum Gasteiger partial charge on any atom is -0.350 e. The highest BCUT2D eigenvalue weighted by atomic mass is 32.1. The van der Waals surface area contributed by atoms with Crippen molar-refractivity contribution in [2.75, 3.05) is 5.32 Å². The van der Waals surface area contributed by atoms with Crippen LogP contribution in [0.15, 0.2) is 46.3 Å². The number of hydrogen-bond acceptors (Lipinski definition) is 6. The fourth-order valence-corrected chi connectivity index (χ4v) is 4.28. The van der Waals surface area contributed by atoms with Crippen LogP contribution in [0.3, 0.4) is 0 Å². The number of benzene rings is 1. The van der Waals surface area contributed by atoms with Crippen LogP contribution in [-0.2, 0) is 0 Å². The number of aromatic nitrogens is 2. The molecule has 0 atom stereocenters. The van der Waals surface area contributed by atoms with Crippen molar-refractivity contribution in [3.63, 3.8) is 0 Å². The van der Waals surface area contributed by atoms with E-state index in [4.69, 9.17) is 4.52 Å². The van der Waals surface area contributed by atoms with Gasteiger partial charge in [-0.3, -0.25) is 10.1 Å². The predicted molar refractivity (Wildman–Crippen MR) is 105 cm³/mol. The molecule has 1 N–H and O–H groups in total. The van der Waals surface area contributed by atoms with Crippen LogP contribution >= 0.6 is 22.7 Å². The molecule has 0 bridgehead atoms. The molecule has 0 spiro atoms. The van der Waals surface area contributed by atoms with E-state index in [9.17, 15) is 9.18 Å². The highest BCUT2D eigenvalue weighted by Gasteiger charge is 2.17. The maximum atomic E-state index is 13.0. The molecule has 8 heteroatoms. The topological polar surface area (TPSA) is 68.0 Å². The molecule has 3 aromatic heterocycles. The highest BCUT2D eigenvalue weighted by molar-refractivity contribution is 7.14. The molecule has 5 nitrogen and oxygen atoms in total. The van der Waals surface area contributed by atoms with Gasteiger partial charge in [-0.1, -0.05) is 5.16 Å². The lowest BCUT2D eigenvalue weighted by Crippen LogP contribution is -2.10. The maximum Gasteiger partial charge on any atom is 0.296 e. The second-order valence-electron chi connectivity index (χ2n) is 5.90. The molecule has 0 unspecified atom stereocenters. The lowest BCUT2D eigenvalue weighted by molar-refractivity contribution is 0.0988. The van der Waals surface area contributed by atoms with Crippen LogP contribution < -0.4 is 5.32 Å². The molecule has 1 aromatic carbocycles. The smallest absolute Gasteiger partial charge is 0.296 e. The summed E-state index contributed by atoms with van der Waals surface area (Å²) in [4.78, 5) is 19.3. The third-order valence-electron chi connectivity index (χ3n) is 3.92. The Morgan fingerprint density at radius 2 is 1.93 bits per heavy atom. The molecule has 0 aliphatic heterocycles. The first-order valence-corrected chi connectivity index (χ1v) is 9.76. The van der Waals surface area contributed by atoms with E-state index in [1.54, 1.807) is 23.5 Å². The Kier molecular flexibility index (Phi) is 4.59. The van der Waals surface area contributed by atoms with Gasteiger partial charge in [-0.15, -0.1) is 22.7 Å². The summed E-state index contributed by atoms with van der Waals surface area (Å²) in [6.07, 6.45) is 0. The van der Waals surface area contributed by atoms with Crippen LogP contribution in [0.1, 0.15) is 20.3 Å². The predicted octanol–water partition coefficient (Wildman–Crippen LogP) is 5.53. The number of halogens is 1. The van der Waals surface area contributed by atoms with Gasteiger partial charge in [0.15, 0.2) is 5.13 Å². The van der Waals surface area contributed by atoms with E-state index >= 15 is 0 Å². The Morgan fingerprint density at radius 3 is 2.63 bits per heavy atom. The zero-order valence-corrected chi connectivity index (χ0v) is 16.1. The normalized spacial score (nSPS) is 10.9. The van der Waals surface area contributed by atoms with Gasteiger partial charge in [-0.05, 0) is 44.2 Å². The molecule has 0 radical (unpaired) electrons. The third-order valence-corrected chi connectivity index (χ3v) is 5.64. The number of nitrogens with one attached hydrogen (secondary N) is 1. The minimum absolute atomic E-state index is 0.0635. The average Bonchev–Trinajstić information content (AvgIpc) is 3.35. The van der Waals surface area contributed by atoms with Crippen molar-refractivity contribution in [1.29, 1.82) is 0 Å². The quantitative estimate of drug-likeness (QED) is 0.490. The number of carbonyl (C=O) groups is 1. The molecule has 136 valence electrons. The van der Waals surface area contributed by atoms with Crippen LogP contribution in [-0.4, -0.2) is 16.0 Å². The zero-order chi connectivity index (χ0) is 19.0. The van der Waals surface area contributed by atoms with E-state index < -0.39 is 5.91 Å². The molecule has 1 amide bonds. The minimum atomic E-state index is -0.435. The van der Waals surface area contributed by atoms with Gasteiger partial charge < -0.3 is 4.52 Å². The summed E-state index contributed by atoms with van der Waals surface area (Å²) in [6.45, 7) is 4.11. The number of amides is 1. The van der Waals surface area contributed by atoms with Gasteiger partial charge in [0.05, 0.1) is 5.69 Å². The summed E-state index contributed by atoms with van der Waals surface area (Å²) in [5.74, 6) is -0.709. The molecule has 0 aliphatic carbocycles. The van der Waals surface area contributed by atoms with Crippen LogP contribution in [0.4, 0.5) is 9.52 Å². The van der Waals surface area contributed by atoms with E-state index in [0.717, 1.165) is 11.3 Å². The molecule has 0 fully saturated rings. The lowest BCUT2D eigenvalue weighted by atomic mass is 10.1.